The second-order valence-electron chi connectivity index (χ2n) is 7.11. The molecule has 3 aliphatic rings. The molecule has 2 aromatic rings. The molecule has 136 valence electrons. The van der Waals surface area contributed by atoms with E-state index >= 15 is 0 Å². The normalized spacial score (nSPS) is 20.6. The van der Waals surface area contributed by atoms with Gasteiger partial charge in [-0.05, 0) is 54.7 Å². The Morgan fingerprint density at radius 3 is 2.46 bits per heavy atom. The lowest BCUT2D eigenvalue weighted by Gasteiger charge is -2.36. The number of rotatable bonds is 2. The smallest absolute Gasteiger partial charge is 0.231 e. The first-order chi connectivity index (χ1) is 12.8. The molecule has 0 aromatic heterocycles. The van der Waals surface area contributed by atoms with Crippen molar-refractivity contribution in [2.45, 2.75) is 31.8 Å². The van der Waals surface area contributed by atoms with Crippen molar-refractivity contribution in [3.05, 3.63) is 46.5 Å². The standard InChI is InChI=1S/C21H23NO4/c1-23-18-5-6-19(24-2)16-11-22-8-7-13-9-20-21(26-12-25-20)10-15(13)17(22)4-3-14(16)18/h5-6,9-10,17H,3-4,7-8,11-12H2,1-2H3/t17-/m0/s1. The highest BCUT2D eigenvalue weighted by Gasteiger charge is 2.34. The fraction of sp³-hybridized carbons (Fsp3) is 0.429. The van der Waals surface area contributed by atoms with Gasteiger partial charge in [-0.25, -0.2) is 0 Å². The van der Waals surface area contributed by atoms with Crippen molar-refractivity contribution in [2.24, 2.45) is 0 Å². The molecule has 26 heavy (non-hydrogen) atoms. The van der Waals surface area contributed by atoms with Crippen LogP contribution in [0.25, 0.3) is 0 Å². The van der Waals surface area contributed by atoms with Crippen LogP contribution in [-0.4, -0.2) is 32.5 Å². The SMILES string of the molecule is COc1ccc(OC)c2c1CC[C@H]1c3cc4c(cc3CCN1C2)OCO4. The van der Waals surface area contributed by atoms with Crippen molar-refractivity contribution < 1.29 is 18.9 Å². The molecule has 5 rings (SSSR count). The summed E-state index contributed by atoms with van der Waals surface area (Å²) in [6, 6.07) is 8.80. The van der Waals surface area contributed by atoms with Crippen LogP contribution < -0.4 is 18.9 Å². The van der Waals surface area contributed by atoms with Crippen LogP contribution in [-0.2, 0) is 19.4 Å². The van der Waals surface area contributed by atoms with Crippen LogP contribution in [0.5, 0.6) is 23.0 Å². The fourth-order valence-electron chi connectivity index (χ4n) is 4.63. The van der Waals surface area contributed by atoms with Crippen molar-refractivity contribution in [3.63, 3.8) is 0 Å². The van der Waals surface area contributed by atoms with Gasteiger partial charge in [-0.1, -0.05) is 0 Å². The van der Waals surface area contributed by atoms with E-state index in [4.69, 9.17) is 18.9 Å². The Balaban J connectivity index is 1.56. The van der Waals surface area contributed by atoms with Crippen LogP contribution in [0.15, 0.2) is 24.3 Å². The maximum atomic E-state index is 5.66. The molecule has 0 fully saturated rings. The van der Waals surface area contributed by atoms with E-state index in [1.165, 1.54) is 22.3 Å². The molecule has 0 saturated carbocycles. The summed E-state index contributed by atoms with van der Waals surface area (Å²) in [5.74, 6) is 3.68. The maximum Gasteiger partial charge on any atom is 0.231 e. The molecule has 0 radical (unpaired) electrons. The van der Waals surface area contributed by atoms with Gasteiger partial charge in [-0.15, -0.1) is 0 Å². The van der Waals surface area contributed by atoms with Crippen LogP contribution in [0.2, 0.25) is 0 Å². The highest BCUT2D eigenvalue weighted by Crippen LogP contribution is 2.45. The van der Waals surface area contributed by atoms with Crippen LogP contribution in [0.1, 0.15) is 34.7 Å². The van der Waals surface area contributed by atoms with E-state index in [0.29, 0.717) is 12.8 Å². The Kier molecular flexibility index (Phi) is 3.71. The summed E-state index contributed by atoms with van der Waals surface area (Å²) in [5, 5.41) is 0. The van der Waals surface area contributed by atoms with Crippen LogP contribution in [0, 0.1) is 0 Å². The van der Waals surface area contributed by atoms with E-state index in [-0.39, 0.29) is 0 Å². The first-order valence-corrected chi connectivity index (χ1v) is 9.17. The summed E-state index contributed by atoms with van der Waals surface area (Å²) in [6.07, 6.45) is 3.07. The second kappa shape index (κ2) is 6.09. The van der Waals surface area contributed by atoms with Gasteiger partial charge in [0.1, 0.15) is 11.5 Å². The van der Waals surface area contributed by atoms with Gasteiger partial charge in [0.15, 0.2) is 11.5 Å². The van der Waals surface area contributed by atoms with Gasteiger partial charge in [-0.3, -0.25) is 4.90 Å². The van der Waals surface area contributed by atoms with E-state index in [9.17, 15) is 0 Å². The minimum Gasteiger partial charge on any atom is -0.496 e. The van der Waals surface area contributed by atoms with Gasteiger partial charge in [0.25, 0.3) is 0 Å². The first-order valence-electron chi connectivity index (χ1n) is 9.17. The highest BCUT2D eigenvalue weighted by atomic mass is 16.7. The summed E-state index contributed by atoms with van der Waals surface area (Å²) in [5.41, 5.74) is 5.31. The third-order valence-corrected chi connectivity index (χ3v) is 5.92. The molecule has 0 bridgehead atoms. The number of fused-ring (bicyclic) bond motifs is 5. The van der Waals surface area contributed by atoms with Gasteiger partial charge < -0.3 is 18.9 Å². The van der Waals surface area contributed by atoms with E-state index in [2.05, 4.69) is 17.0 Å². The van der Waals surface area contributed by atoms with Crippen LogP contribution >= 0.6 is 0 Å². The second-order valence-corrected chi connectivity index (χ2v) is 7.11. The van der Waals surface area contributed by atoms with E-state index in [1.54, 1.807) is 14.2 Å². The van der Waals surface area contributed by atoms with Crippen molar-refractivity contribution >= 4 is 0 Å². The van der Waals surface area contributed by atoms with Gasteiger partial charge in [-0.2, -0.15) is 0 Å². The molecular weight excluding hydrogens is 330 g/mol. The molecule has 0 saturated heterocycles. The Morgan fingerprint density at radius 1 is 0.962 bits per heavy atom. The molecule has 0 spiro atoms. The quantitative estimate of drug-likeness (QED) is 0.827. The molecule has 5 heteroatoms. The molecule has 1 atom stereocenters. The monoisotopic (exact) mass is 353 g/mol. The molecule has 0 unspecified atom stereocenters. The van der Waals surface area contributed by atoms with Crippen molar-refractivity contribution in [1.29, 1.82) is 0 Å². The molecule has 3 aliphatic heterocycles. The molecule has 5 nitrogen and oxygen atoms in total. The Labute approximate surface area is 153 Å². The Bertz CT molecular complexity index is 864. The Morgan fingerprint density at radius 2 is 1.69 bits per heavy atom. The number of hydrogen-bond donors (Lipinski definition) is 0. The first kappa shape index (κ1) is 15.8. The van der Waals surface area contributed by atoms with Crippen molar-refractivity contribution in [1.82, 2.24) is 4.90 Å². The lowest BCUT2D eigenvalue weighted by molar-refractivity contribution is 0.171. The molecule has 0 amide bonds. The number of nitrogens with zero attached hydrogens (tertiary/aromatic N) is 1. The van der Waals surface area contributed by atoms with Crippen LogP contribution in [0.3, 0.4) is 0 Å². The molecule has 0 aliphatic carbocycles. The van der Waals surface area contributed by atoms with Gasteiger partial charge in [0, 0.05) is 30.3 Å². The molecule has 3 heterocycles. The average Bonchev–Trinajstić information content (AvgIpc) is 3.03. The van der Waals surface area contributed by atoms with Crippen molar-refractivity contribution in [2.75, 3.05) is 27.6 Å². The number of methoxy groups -OCH3 is 2. The minimum atomic E-state index is 0.326. The van der Waals surface area contributed by atoms with Gasteiger partial charge in [0.05, 0.1) is 14.2 Å². The third kappa shape index (κ3) is 2.34. The van der Waals surface area contributed by atoms with E-state index in [0.717, 1.165) is 55.4 Å². The molecule has 2 aromatic carbocycles. The summed E-state index contributed by atoms with van der Waals surface area (Å²) in [6.45, 7) is 2.25. The fourth-order valence-corrected chi connectivity index (χ4v) is 4.63. The number of benzene rings is 2. The largest absolute Gasteiger partial charge is 0.496 e. The lowest BCUT2D eigenvalue weighted by atomic mass is 9.89. The zero-order valence-electron chi connectivity index (χ0n) is 15.2. The minimum absolute atomic E-state index is 0.326. The van der Waals surface area contributed by atoms with E-state index < -0.39 is 0 Å². The zero-order chi connectivity index (χ0) is 17.7. The zero-order valence-corrected chi connectivity index (χ0v) is 15.2. The third-order valence-electron chi connectivity index (χ3n) is 5.92. The Hall–Kier alpha value is -2.40. The predicted molar refractivity (Wildman–Crippen MR) is 97.3 cm³/mol. The molecule has 0 N–H and O–H groups in total. The van der Waals surface area contributed by atoms with Gasteiger partial charge in [0.2, 0.25) is 6.79 Å². The highest BCUT2D eigenvalue weighted by molar-refractivity contribution is 5.53. The number of hydrogen-bond acceptors (Lipinski definition) is 5. The average molecular weight is 353 g/mol. The van der Waals surface area contributed by atoms with Gasteiger partial charge >= 0.3 is 0 Å². The maximum absolute atomic E-state index is 5.66. The summed E-state index contributed by atoms with van der Waals surface area (Å²) in [7, 11) is 3.49. The summed E-state index contributed by atoms with van der Waals surface area (Å²) in [4.78, 5) is 2.57. The lowest BCUT2D eigenvalue weighted by Crippen LogP contribution is -2.34. The topological polar surface area (TPSA) is 40.2 Å². The van der Waals surface area contributed by atoms with E-state index in [1.807, 2.05) is 12.1 Å². The van der Waals surface area contributed by atoms with Crippen molar-refractivity contribution in [3.8, 4) is 23.0 Å². The van der Waals surface area contributed by atoms with Crippen LogP contribution in [0.4, 0.5) is 0 Å². The summed E-state index contributed by atoms with van der Waals surface area (Å²) < 4.78 is 22.5. The number of ether oxygens (including phenoxy) is 4. The summed E-state index contributed by atoms with van der Waals surface area (Å²) >= 11 is 0. The predicted octanol–water partition coefficient (Wildman–Crippen LogP) is 3.48. The molecular formula is C21H23NO4.